The summed E-state index contributed by atoms with van der Waals surface area (Å²) >= 11 is 0. The molecule has 0 saturated carbocycles. The molecule has 0 aliphatic carbocycles. The van der Waals surface area contributed by atoms with Gasteiger partial charge in [-0.05, 0) is 48.5 Å². The number of hydrogen-bond donors (Lipinski definition) is 0. The second-order valence-electron chi connectivity index (χ2n) is 4.72. The summed E-state index contributed by atoms with van der Waals surface area (Å²) in [6.07, 6.45) is 6.05. The molecule has 0 saturated heterocycles. The first-order valence-corrected chi connectivity index (χ1v) is 7.07. The molecule has 6 heteroatoms. The number of benzene rings is 1. The van der Waals surface area contributed by atoms with Crippen LogP contribution in [0.3, 0.4) is 0 Å². The lowest BCUT2D eigenvalue weighted by Gasteiger charge is -2.06. The number of ether oxygens (including phenoxy) is 2. The van der Waals surface area contributed by atoms with Gasteiger partial charge in [0.1, 0.15) is 11.5 Å². The first kappa shape index (κ1) is 15.4. The number of esters is 2. The van der Waals surface area contributed by atoms with Gasteiger partial charge in [0.2, 0.25) is 0 Å². The Morgan fingerprint density at radius 3 is 1.25 bits per heavy atom. The van der Waals surface area contributed by atoms with Crippen molar-refractivity contribution in [3.63, 3.8) is 0 Å². The normalized spacial score (nSPS) is 10.0. The molecule has 0 aliphatic rings. The summed E-state index contributed by atoms with van der Waals surface area (Å²) in [7, 11) is 0. The maximum absolute atomic E-state index is 11.9. The Bertz CT molecular complexity index is 761. The van der Waals surface area contributed by atoms with E-state index in [0.29, 0.717) is 22.6 Å². The third-order valence-corrected chi connectivity index (χ3v) is 3.08. The van der Waals surface area contributed by atoms with E-state index in [9.17, 15) is 9.59 Å². The van der Waals surface area contributed by atoms with Crippen LogP contribution >= 0.6 is 0 Å². The average molecular weight is 320 g/mol. The second kappa shape index (κ2) is 7.15. The van der Waals surface area contributed by atoms with Gasteiger partial charge in [0.15, 0.2) is 0 Å². The van der Waals surface area contributed by atoms with Crippen LogP contribution in [0.1, 0.15) is 20.7 Å². The van der Waals surface area contributed by atoms with Gasteiger partial charge in [-0.2, -0.15) is 0 Å². The summed E-state index contributed by atoms with van der Waals surface area (Å²) in [5.41, 5.74) is 0.802. The van der Waals surface area contributed by atoms with Crippen molar-refractivity contribution >= 4 is 11.9 Å². The van der Waals surface area contributed by atoms with Gasteiger partial charge in [-0.1, -0.05) is 0 Å². The molecule has 2 heterocycles. The molecule has 0 N–H and O–H groups in total. The SMILES string of the molecule is O=C(Oc1ccc(OC(=O)c2ccncc2)cc1)c1ccncc1. The summed E-state index contributed by atoms with van der Waals surface area (Å²) in [6, 6.07) is 12.5. The zero-order chi connectivity index (χ0) is 16.8. The van der Waals surface area contributed by atoms with Crippen molar-refractivity contribution < 1.29 is 19.1 Å². The Hall–Kier alpha value is -3.54. The predicted octanol–water partition coefficient (Wildman–Crippen LogP) is 2.92. The summed E-state index contributed by atoms with van der Waals surface area (Å²) in [4.78, 5) is 31.5. The van der Waals surface area contributed by atoms with Crippen LogP contribution in [0.4, 0.5) is 0 Å². The Morgan fingerprint density at radius 2 is 0.917 bits per heavy atom. The number of rotatable bonds is 4. The molecule has 0 amide bonds. The van der Waals surface area contributed by atoms with Crippen molar-refractivity contribution in [1.29, 1.82) is 0 Å². The predicted molar refractivity (Wildman–Crippen MR) is 84.8 cm³/mol. The Labute approximate surface area is 137 Å². The van der Waals surface area contributed by atoms with Gasteiger partial charge >= 0.3 is 11.9 Å². The summed E-state index contributed by atoms with van der Waals surface area (Å²) in [5, 5.41) is 0. The fourth-order valence-corrected chi connectivity index (χ4v) is 1.88. The number of carbonyl (C=O) groups excluding carboxylic acids is 2. The lowest BCUT2D eigenvalue weighted by atomic mass is 10.2. The van der Waals surface area contributed by atoms with Crippen LogP contribution < -0.4 is 9.47 Å². The highest BCUT2D eigenvalue weighted by Gasteiger charge is 2.10. The molecular weight excluding hydrogens is 308 g/mol. The molecule has 2 aromatic heterocycles. The molecule has 3 aromatic rings. The quantitative estimate of drug-likeness (QED) is 0.543. The molecule has 3 rings (SSSR count). The van der Waals surface area contributed by atoms with Crippen molar-refractivity contribution in [3.8, 4) is 11.5 Å². The van der Waals surface area contributed by atoms with E-state index in [0.717, 1.165) is 0 Å². The molecule has 0 unspecified atom stereocenters. The van der Waals surface area contributed by atoms with Crippen LogP contribution in [0.2, 0.25) is 0 Å². The van der Waals surface area contributed by atoms with Crippen LogP contribution in [0, 0.1) is 0 Å². The van der Waals surface area contributed by atoms with Gasteiger partial charge in [0.25, 0.3) is 0 Å². The standard InChI is InChI=1S/C18H12N2O4/c21-17(13-5-9-19-10-6-13)23-15-1-2-16(4-3-15)24-18(22)14-7-11-20-12-8-14/h1-12H. The molecule has 0 spiro atoms. The fraction of sp³-hybridized carbons (Fsp3) is 0. The van der Waals surface area contributed by atoms with Crippen molar-refractivity contribution in [1.82, 2.24) is 9.97 Å². The average Bonchev–Trinajstić information content (AvgIpc) is 2.65. The van der Waals surface area contributed by atoms with Crippen molar-refractivity contribution in [2.24, 2.45) is 0 Å². The number of pyridine rings is 2. The zero-order valence-corrected chi connectivity index (χ0v) is 12.5. The van der Waals surface area contributed by atoms with E-state index in [1.54, 1.807) is 48.5 Å². The minimum atomic E-state index is -0.487. The number of hydrogen-bond acceptors (Lipinski definition) is 6. The van der Waals surface area contributed by atoms with Crippen LogP contribution in [0.25, 0.3) is 0 Å². The topological polar surface area (TPSA) is 78.4 Å². The van der Waals surface area contributed by atoms with Gasteiger partial charge in [-0.3, -0.25) is 9.97 Å². The highest BCUT2D eigenvalue weighted by atomic mass is 16.5. The van der Waals surface area contributed by atoms with E-state index in [1.165, 1.54) is 24.8 Å². The summed E-state index contributed by atoms with van der Waals surface area (Å²) < 4.78 is 10.5. The zero-order valence-electron chi connectivity index (χ0n) is 12.5. The van der Waals surface area contributed by atoms with Gasteiger partial charge in [-0.15, -0.1) is 0 Å². The van der Waals surface area contributed by atoms with Gasteiger partial charge < -0.3 is 9.47 Å². The number of aromatic nitrogens is 2. The molecule has 0 fully saturated rings. The van der Waals surface area contributed by atoms with Gasteiger partial charge in [0.05, 0.1) is 11.1 Å². The molecule has 0 atom stereocenters. The summed E-state index contributed by atoms with van der Waals surface area (Å²) in [5.74, 6) is -0.279. The molecular formula is C18H12N2O4. The van der Waals surface area contributed by atoms with E-state index in [1.807, 2.05) is 0 Å². The van der Waals surface area contributed by atoms with Crippen molar-refractivity contribution in [3.05, 3.63) is 84.4 Å². The lowest BCUT2D eigenvalue weighted by Crippen LogP contribution is -2.09. The molecule has 0 bridgehead atoms. The number of nitrogens with zero attached hydrogens (tertiary/aromatic N) is 2. The molecule has 1 aromatic carbocycles. The van der Waals surface area contributed by atoms with E-state index >= 15 is 0 Å². The number of carbonyl (C=O) groups is 2. The molecule has 0 radical (unpaired) electrons. The third-order valence-electron chi connectivity index (χ3n) is 3.08. The highest BCUT2D eigenvalue weighted by molar-refractivity contribution is 5.91. The van der Waals surface area contributed by atoms with Crippen LogP contribution in [-0.4, -0.2) is 21.9 Å². The smallest absolute Gasteiger partial charge is 0.343 e. The Balaban J connectivity index is 1.63. The van der Waals surface area contributed by atoms with E-state index in [2.05, 4.69) is 9.97 Å². The van der Waals surface area contributed by atoms with Crippen molar-refractivity contribution in [2.45, 2.75) is 0 Å². The minimum absolute atomic E-state index is 0.348. The fourth-order valence-electron chi connectivity index (χ4n) is 1.88. The molecule has 0 aliphatic heterocycles. The van der Waals surface area contributed by atoms with E-state index in [4.69, 9.17) is 9.47 Å². The van der Waals surface area contributed by atoms with Crippen molar-refractivity contribution in [2.75, 3.05) is 0 Å². The monoisotopic (exact) mass is 320 g/mol. The van der Waals surface area contributed by atoms with Gasteiger partial charge in [-0.25, -0.2) is 9.59 Å². The van der Waals surface area contributed by atoms with Crippen LogP contribution in [0.15, 0.2) is 73.3 Å². The van der Waals surface area contributed by atoms with Crippen LogP contribution in [0.5, 0.6) is 11.5 Å². The third kappa shape index (κ3) is 3.80. The molecule has 6 nitrogen and oxygen atoms in total. The second-order valence-corrected chi connectivity index (χ2v) is 4.72. The van der Waals surface area contributed by atoms with Crippen LogP contribution in [-0.2, 0) is 0 Å². The lowest BCUT2D eigenvalue weighted by molar-refractivity contribution is 0.0719. The first-order valence-electron chi connectivity index (χ1n) is 7.07. The Morgan fingerprint density at radius 1 is 0.583 bits per heavy atom. The summed E-state index contributed by atoms with van der Waals surface area (Å²) in [6.45, 7) is 0. The highest BCUT2D eigenvalue weighted by Crippen LogP contribution is 2.19. The molecule has 118 valence electrons. The van der Waals surface area contributed by atoms with E-state index < -0.39 is 11.9 Å². The maximum Gasteiger partial charge on any atom is 0.343 e. The largest absolute Gasteiger partial charge is 0.423 e. The maximum atomic E-state index is 11.9. The minimum Gasteiger partial charge on any atom is -0.423 e. The van der Waals surface area contributed by atoms with E-state index in [-0.39, 0.29) is 0 Å². The van der Waals surface area contributed by atoms with Gasteiger partial charge in [0, 0.05) is 24.8 Å². The molecule has 24 heavy (non-hydrogen) atoms. The first-order chi connectivity index (χ1) is 11.7. The Kier molecular flexibility index (Phi) is 4.57.